The zero-order valence-electron chi connectivity index (χ0n) is 7.00. The molecule has 82 valence electrons. The van der Waals surface area contributed by atoms with Crippen molar-refractivity contribution in [3.05, 3.63) is 24.2 Å². The number of rotatable bonds is 1. The lowest BCUT2D eigenvalue weighted by Gasteiger charge is -2.05. The summed E-state index contributed by atoms with van der Waals surface area (Å²) in [5, 5.41) is 0. The van der Waals surface area contributed by atoms with Crippen molar-refractivity contribution in [1.82, 2.24) is 5.48 Å². The zero-order valence-corrected chi connectivity index (χ0v) is 7.00. The highest BCUT2D eigenvalue weighted by atomic mass is 19.4. The SMILES string of the molecule is O=C(NOC(=O)C(F)(F)F)c1ccco1. The normalized spacial score (nSPS) is 10.9. The Labute approximate surface area is 80.8 Å². The van der Waals surface area contributed by atoms with E-state index in [4.69, 9.17) is 0 Å². The van der Waals surface area contributed by atoms with Gasteiger partial charge in [0.25, 0.3) is 0 Å². The van der Waals surface area contributed by atoms with Gasteiger partial charge in [-0.25, -0.2) is 4.79 Å². The van der Waals surface area contributed by atoms with Crippen LogP contribution in [-0.4, -0.2) is 18.1 Å². The third kappa shape index (κ3) is 3.01. The van der Waals surface area contributed by atoms with Crippen LogP contribution in [0.1, 0.15) is 10.6 Å². The molecule has 1 aromatic rings. The summed E-state index contributed by atoms with van der Waals surface area (Å²) in [6.07, 6.45) is -4.02. The van der Waals surface area contributed by atoms with Gasteiger partial charge >= 0.3 is 18.1 Å². The summed E-state index contributed by atoms with van der Waals surface area (Å²) in [7, 11) is 0. The van der Waals surface area contributed by atoms with Gasteiger partial charge in [0, 0.05) is 0 Å². The molecule has 0 radical (unpaired) electrons. The van der Waals surface area contributed by atoms with Gasteiger partial charge in [-0.05, 0) is 12.1 Å². The van der Waals surface area contributed by atoms with Crippen LogP contribution in [0, 0.1) is 0 Å². The van der Waals surface area contributed by atoms with E-state index in [1.807, 2.05) is 0 Å². The first-order valence-corrected chi connectivity index (χ1v) is 3.53. The highest BCUT2D eigenvalue weighted by molar-refractivity contribution is 5.91. The van der Waals surface area contributed by atoms with Crippen LogP contribution in [-0.2, 0) is 9.63 Å². The van der Waals surface area contributed by atoms with Gasteiger partial charge in [-0.3, -0.25) is 4.79 Å². The van der Waals surface area contributed by atoms with Gasteiger partial charge in [0.1, 0.15) is 0 Å². The van der Waals surface area contributed by atoms with Crippen LogP contribution in [0.5, 0.6) is 0 Å². The van der Waals surface area contributed by atoms with Crippen LogP contribution in [0.25, 0.3) is 0 Å². The van der Waals surface area contributed by atoms with E-state index in [9.17, 15) is 22.8 Å². The van der Waals surface area contributed by atoms with Crippen LogP contribution >= 0.6 is 0 Å². The van der Waals surface area contributed by atoms with E-state index in [0.29, 0.717) is 0 Å². The summed E-state index contributed by atoms with van der Waals surface area (Å²) in [6.45, 7) is 0. The Balaban J connectivity index is 2.45. The highest BCUT2D eigenvalue weighted by Crippen LogP contribution is 2.15. The Hall–Kier alpha value is -1.99. The summed E-state index contributed by atoms with van der Waals surface area (Å²) >= 11 is 0. The fourth-order valence-electron chi connectivity index (χ4n) is 0.609. The van der Waals surface area contributed by atoms with Gasteiger partial charge in [0.2, 0.25) is 0 Å². The predicted octanol–water partition coefficient (Wildman–Crippen LogP) is 1.03. The van der Waals surface area contributed by atoms with Crippen molar-refractivity contribution in [1.29, 1.82) is 0 Å². The van der Waals surface area contributed by atoms with Crippen molar-refractivity contribution in [3.8, 4) is 0 Å². The Bertz CT molecular complexity index is 357. The average Bonchev–Trinajstić information content (AvgIpc) is 2.64. The summed E-state index contributed by atoms with van der Waals surface area (Å²) in [4.78, 5) is 24.5. The first-order valence-electron chi connectivity index (χ1n) is 3.53. The summed E-state index contributed by atoms with van der Waals surface area (Å²) in [6, 6.07) is 2.54. The molecule has 0 bridgehead atoms. The molecule has 0 aromatic carbocycles. The van der Waals surface area contributed by atoms with Gasteiger partial charge in [0.15, 0.2) is 5.76 Å². The number of amides is 1. The number of furan rings is 1. The van der Waals surface area contributed by atoms with Crippen molar-refractivity contribution >= 4 is 11.9 Å². The molecule has 1 N–H and O–H groups in total. The molecular weight excluding hydrogens is 219 g/mol. The maximum Gasteiger partial charge on any atom is 0.493 e. The van der Waals surface area contributed by atoms with E-state index in [2.05, 4.69) is 9.25 Å². The van der Waals surface area contributed by atoms with Crippen molar-refractivity contribution < 1.29 is 32.0 Å². The van der Waals surface area contributed by atoms with Crippen molar-refractivity contribution in [2.45, 2.75) is 6.18 Å². The lowest BCUT2D eigenvalue weighted by atomic mass is 10.4. The molecule has 1 rings (SSSR count). The van der Waals surface area contributed by atoms with Gasteiger partial charge in [-0.15, -0.1) is 0 Å². The summed E-state index contributed by atoms with van der Waals surface area (Å²) < 4.78 is 39.3. The predicted molar refractivity (Wildman–Crippen MR) is 38.3 cm³/mol. The smallest absolute Gasteiger partial charge is 0.459 e. The molecule has 1 aromatic heterocycles. The van der Waals surface area contributed by atoms with Gasteiger partial charge in [-0.1, -0.05) is 0 Å². The van der Waals surface area contributed by atoms with Crippen LogP contribution in [0.3, 0.4) is 0 Å². The fraction of sp³-hybridized carbons (Fsp3) is 0.143. The van der Waals surface area contributed by atoms with E-state index >= 15 is 0 Å². The summed E-state index contributed by atoms with van der Waals surface area (Å²) in [5.74, 6) is -3.87. The number of nitrogens with one attached hydrogen (secondary N) is 1. The molecule has 0 aliphatic heterocycles. The monoisotopic (exact) mass is 223 g/mol. The second kappa shape index (κ2) is 4.03. The maximum atomic E-state index is 11.6. The Morgan fingerprint density at radius 1 is 1.40 bits per heavy atom. The quantitative estimate of drug-likeness (QED) is 0.722. The molecular formula is C7H4F3NO4. The minimum Gasteiger partial charge on any atom is -0.459 e. The molecule has 15 heavy (non-hydrogen) atoms. The number of hydrogen-bond donors (Lipinski definition) is 1. The Morgan fingerprint density at radius 3 is 2.53 bits per heavy atom. The molecule has 0 fully saturated rings. The Kier molecular flexibility index (Phi) is 2.98. The first-order chi connectivity index (χ1) is 6.91. The molecule has 5 nitrogen and oxygen atoms in total. The van der Waals surface area contributed by atoms with Gasteiger partial charge in [-0.2, -0.15) is 18.7 Å². The molecule has 0 atom stereocenters. The minimum atomic E-state index is -5.16. The maximum absolute atomic E-state index is 11.6. The van der Waals surface area contributed by atoms with Crippen LogP contribution in [0.2, 0.25) is 0 Å². The highest BCUT2D eigenvalue weighted by Gasteiger charge is 2.42. The molecule has 0 aliphatic rings. The van der Waals surface area contributed by atoms with E-state index in [1.54, 1.807) is 0 Å². The van der Waals surface area contributed by atoms with E-state index in [0.717, 1.165) is 6.26 Å². The molecule has 0 saturated carbocycles. The van der Waals surface area contributed by atoms with Crippen molar-refractivity contribution in [3.63, 3.8) is 0 Å². The lowest BCUT2D eigenvalue weighted by molar-refractivity contribution is -0.204. The number of halogens is 3. The van der Waals surface area contributed by atoms with E-state index < -0.39 is 18.1 Å². The molecule has 0 spiro atoms. The lowest BCUT2D eigenvalue weighted by Crippen LogP contribution is -2.34. The second-order valence-electron chi connectivity index (χ2n) is 2.30. The number of hydroxylamine groups is 1. The minimum absolute atomic E-state index is 0.273. The third-order valence-corrected chi connectivity index (χ3v) is 1.21. The molecule has 1 amide bonds. The topological polar surface area (TPSA) is 68.5 Å². The number of hydrogen-bond acceptors (Lipinski definition) is 4. The van der Waals surface area contributed by atoms with E-state index in [1.165, 1.54) is 17.6 Å². The van der Waals surface area contributed by atoms with Gasteiger partial charge < -0.3 is 9.25 Å². The zero-order chi connectivity index (χ0) is 11.5. The molecule has 1 heterocycles. The van der Waals surface area contributed by atoms with Crippen molar-refractivity contribution in [2.75, 3.05) is 0 Å². The molecule has 0 aliphatic carbocycles. The fourth-order valence-corrected chi connectivity index (χ4v) is 0.609. The van der Waals surface area contributed by atoms with Crippen LogP contribution in [0.15, 0.2) is 22.8 Å². The molecule has 0 unspecified atom stereocenters. The summed E-state index contributed by atoms with van der Waals surface area (Å²) in [5.41, 5.74) is 1.29. The number of alkyl halides is 3. The van der Waals surface area contributed by atoms with Gasteiger partial charge in [0.05, 0.1) is 6.26 Å². The second-order valence-corrected chi connectivity index (χ2v) is 2.30. The van der Waals surface area contributed by atoms with Crippen LogP contribution < -0.4 is 5.48 Å². The Morgan fingerprint density at radius 2 is 2.07 bits per heavy atom. The third-order valence-electron chi connectivity index (χ3n) is 1.21. The first kappa shape index (κ1) is 11.1. The number of carbonyl (C=O) groups is 2. The van der Waals surface area contributed by atoms with Crippen LogP contribution in [0.4, 0.5) is 13.2 Å². The molecule has 0 saturated heterocycles. The average molecular weight is 223 g/mol. The molecule has 8 heteroatoms. The van der Waals surface area contributed by atoms with E-state index in [-0.39, 0.29) is 5.76 Å². The largest absolute Gasteiger partial charge is 0.493 e. The van der Waals surface area contributed by atoms with Crippen molar-refractivity contribution in [2.24, 2.45) is 0 Å². The number of carbonyl (C=O) groups excluding carboxylic acids is 2. The standard InChI is InChI=1S/C7H4F3NO4/c8-7(9,10)6(13)15-11-5(12)4-2-1-3-14-4/h1-3H,(H,11,12).